The van der Waals surface area contributed by atoms with E-state index < -0.39 is 0 Å². The fourth-order valence-corrected chi connectivity index (χ4v) is 2.58. The lowest BCUT2D eigenvalue weighted by atomic mass is 10.1. The van der Waals surface area contributed by atoms with Gasteiger partial charge in [0.05, 0.1) is 6.42 Å². The van der Waals surface area contributed by atoms with Gasteiger partial charge in [-0.3, -0.25) is 10.2 Å². The second-order valence-corrected chi connectivity index (χ2v) is 5.36. The summed E-state index contributed by atoms with van der Waals surface area (Å²) >= 11 is 0. The highest BCUT2D eigenvalue weighted by atomic mass is 16.2. The van der Waals surface area contributed by atoms with E-state index in [1.807, 2.05) is 35.5 Å². The van der Waals surface area contributed by atoms with Gasteiger partial charge in [0, 0.05) is 43.3 Å². The molecule has 106 valence electrons. The fourth-order valence-electron chi connectivity index (χ4n) is 2.58. The van der Waals surface area contributed by atoms with Crippen LogP contribution in [-0.2, 0) is 11.2 Å². The number of aromatic nitrogens is 1. The number of hydrogen-bond donors (Lipinski definition) is 2. The maximum Gasteiger partial charge on any atom is 0.238 e. The van der Waals surface area contributed by atoms with Crippen LogP contribution in [0.25, 0.3) is 10.9 Å². The van der Waals surface area contributed by atoms with Crippen molar-refractivity contribution in [1.29, 1.82) is 0 Å². The van der Waals surface area contributed by atoms with E-state index in [1.165, 1.54) is 0 Å². The Morgan fingerprint density at radius 2 is 2.00 bits per heavy atom. The van der Waals surface area contributed by atoms with Gasteiger partial charge in [-0.1, -0.05) is 18.2 Å². The molecule has 1 aliphatic heterocycles. The molecule has 5 nitrogen and oxygen atoms in total. The number of fused-ring (bicyclic) bond motifs is 1. The number of carbonyl (C=O) groups is 1. The molecule has 1 aliphatic rings. The topological polar surface area (TPSA) is 51.4 Å². The number of amides is 1. The van der Waals surface area contributed by atoms with Crippen LogP contribution in [0.5, 0.6) is 0 Å². The summed E-state index contributed by atoms with van der Waals surface area (Å²) in [6.45, 7) is 3.76. The van der Waals surface area contributed by atoms with E-state index >= 15 is 0 Å². The Morgan fingerprint density at radius 1 is 1.25 bits per heavy atom. The number of likely N-dealkylation sites (N-methyl/N-ethyl adjacent to an activating group) is 1. The summed E-state index contributed by atoms with van der Waals surface area (Å²) in [4.78, 5) is 17.6. The number of nitrogens with one attached hydrogen (secondary N) is 2. The quantitative estimate of drug-likeness (QED) is 0.876. The van der Waals surface area contributed by atoms with Crippen LogP contribution < -0.4 is 5.43 Å². The van der Waals surface area contributed by atoms with E-state index in [2.05, 4.69) is 22.4 Å². The summed E-state index contributed by atoms with van der Waals surface area (Å²) in [5.41, 5.74) is 5.12. The zero-order valence-corrected chi connectivity index (χ0v) is 11.7. The Labute approximate surface area is 118 Å². The highest BCUT2D eigenvalue weighted by Crippen LogP contribution is 2.17. The van der Waals surface area contributed by atoms with Crippen molar-refractivity contribution in [1.82, 2.24) is 20.3 Å². The Hall–Kier alpha value is -1.85. The molecule has 0 unspecified atom stereocenters. The molecule has 0 radical (unpaired) electrons. The second kappa shape index (κ2) is 5.64. The van der Waals surface area contributed by atoms with Gasteiger partial charge in [-0.15, -0.1) is 0 Å². The molecule has 2 aromatic rings. The number of para-hydroxylation sites is 1. The van der Waals surface area contributed by atoms with Crippen LogP contribution in [0.15, 0.2) is 30.5 Å². The predicted octanol–water partition coefficient (Wildman–Crippen LogP) is 0.989. The zero-order valence-electron chi connectivity index (χ0n) is 11.7. The summed E-state index contributed by atoms with van der Waals surface area (Å²) in [5, 5.41) is 3.14. The molecule has 0 aliphatic carbocycles. The smallest absolute Gasteiger partial charge is 0.238 e. The molecule has 3 rings (SSSR count). The van der Waals surface area contributed by atoms with E-state index in [-0.39, 0.29) is 5.91 Å². The number of nitrogens with zero attached hydrogens (tertiary/aromatic N) is 2. The van der Waals surface area contributed by atoms with E-state index in [0.29, 0.717) is 6.42 Å². The van der Waals surface area contributed by atoms with E-state index in [1.54, 1.807) is 0 Å². The van der Waals surface area contributed by atoms with Gasteiger partial charge in [0.1, 0.15) is 0 Å². The van der Waals surface area contributed by atoms with E-state index in [9.17, 15) is 4.79 Å². The van der Waals surface area contributed by atoms with E-state index in [4.69, 9.17) is 0 Å². The van der Waals surface area contributed by atoms with Crippen molar-refractivity contribution >= 4 is 16.8 Å². The molecule has 1 amide bonds. The first kappa shape index (κ1) is 13.1. The molecular formula is C15H20N4O. The lowest BCUT2D eigenvalue weighted by molar-refractivity contribution is -0.126. The Bertz CT molecular complexity index is 599. The monoisotopic (exact) mass is 272 g/mol. The number of hydrogen-bond acceptors (Lipinski definition) is 3. The molecular weight excluding hydrogens is 252 g/mol. The van der Waals surface area contributed by atoms with Crippen LogP contribution >= 0.6 is 0 Å². The molecule has 1 saturated heterocycles. The van der Waals surface area contributed by atoms with Gasteiger partial charge in [-0.2, -0.15) is 0 Å². The second-order valence-electron chi connectivity index (χ2n) is 5.36. The van der Waals surface area contributed by atoms with Crippen LogP contribution in [0.3, 0.4) is 0 Å². The van der Waals surface area contributed by atoms with Gasteiger partial charge in [0.15, 0.2) is 0 Å². The van der Waals surface area contributed by atoms with Crippen molar-refractivity contribution < 1.29 is 4.79 Å². The van der Waals surface area contributed by atoms with Gasteiger partial charge in [-0.25, -0.2) is 5.01 Å². The first-order valence-electron chi connectivity index (χ1n) is 7.00. The maximum absolute atomic E-state index is 12.1. The molecule has 0 spiro atoms. The Balaban J connectivity index is 1.61. The molecule has 0 bridgehead atoms. The van der Waals surface area contributed by atoms with Crippen LogP contribution in [0.2, 0.25) is 0 Å². The highest BCUT2D eigenvalue weighted by molar-refractivity contribution is 5.88. The number of H-pyrrole nitrogens is 1. The fraction of sp³-hybridized carbons (Fsp3) is 0.400. The summed E-state index contributed by atoms with van der Waals surface area (Å²) < 4.78 is 0. The normalized spacial score (nSPS) is 17.4. The largest absolute Gasteiger partial charge is 0.361 e. The molecule has 1 aromatic heterocycles. The Morgan fingerprint density at radius 3 is 2.80 bits per heavy atom. The highest BCUT2D eigenvalue weighted by Gasteiger charge is 2.16. The van der Waals surface area contributed by atoms with Crippen LogP contribution in [0.4, 0.5) is 0 Å². The number of benzene rings is 1. The van der Waals surface area contributed by atoms with Gasteiger partial charge < -0.3 is 9.88 Å². The average molecular weight is 272 g/mol. The first-order chi connectivity index (χ1) is 9.72. The lowest BCUT2D eigenvalue weighted by Crippen LogP contribution is -2.52. The third kappa shape index (κ3) is 2.84. The van der Waals surface area contributed by atoms with Crippen molar-refractivity contribution in [2.24, 2.45) is 0 Å². The van der Waals surface area contributed by atoms with Crippen molar-refractivity contribution in [3.63, 3.8) is 0 Å². The molecule has 20 heavy (non-hydrogen) atoms. The van der Waals surface area contributed by atoms with Crippen molar-refractivity contribution in [3.8, 4) is 0 Å². The standard InChI is InChI=1S/C15H20N4O/c1-18-6-8-19(9-7-18)17-15(20)10-12-11-16-14-5-3-2-4-13(12)14/h2-5,11,16H,6-10H2,1H3,(H,17,20). The number of hydrazine groups is 1. The van der Waals surface area contributed by atoms with Gasteiger partial charge in [0.25, 0.3) is 0 Å². The van der Waals surface area contributed by atoms with Crippen molar-refractivity contribution in [3.05, 3.63) is 36.0 Å². The molecule has 5 heteroatoms. The number of piperazine rings is 1. The first-order valence-corrected chi connectivity index (χ1v) is 7.00. The molecule has 2 heterocycles. The van der Waals surface area contributed by atoms with Crippen LogP contribution in [0, 0.1) is 0 Å². The van der Waals surface area contributed by atoms with Crippen molar-refractivity contribution in [2.45, 2.75) is 6.42 Å². The van der Waals surface area contributed by atoms with E-state index in [0.717, 1.165) is 42.6 Å². The minimum atomic E-state index is 0.0549. The third-order valence-corrected chi connectivity index (χ3v) is 3.81. The van der Waals surface area contributed by atoms with Gasteiger partial charge >= 0.3 is 0 Å². The van der Waals surface area contributed by atoms with Gasteiger partial charge in [-0.05, 0) is 18.7 Å². The maximum atomic E-state index is 12.1. The minimum absolute atomic E-state index is 0.0549. The lowest BCUT2D eigenvalue weighted by Gasteiger charge is -2.32. The molecule has 2 N–H and O–H groups in total. The summed E-state index contributed by atoms with van der Waals surface area (Å²) in [6, 6.07) is 8.06. The molecule has 1 aromatic carbocycles. The molecule has 0 saturated carbocycles. The SMILES string of the molecule is CN1CCN(NC(=O)Cc2c[nH]c3ccccc23)CC1. The van der Waals surface area contributed by atoms with Crippen LogP contribution in [-0.4, -0.2) is 54.0 Å². The summed E-state index contributed by atoms with van der Waals surface area (Å²) in [5.74, 6) is 0.0549. The number of carbonyl (C=O) groups excluding carboxylic acids is 1. The summed E-state index contributed by atoms with van der Waals surface area (Å²) in [6.07, 6.45) is 2.34. The van der Waals surface area contributed by atoms with Gasteiger partial charge in [0.2, 0.25) is 5.91 Å². The number of rotatable bonds is 3. The third-order valence-electron chi connectivity index (χ3n) is 3.81. The molecule has 0 atom stereocenters. The number of aromatic amines is 1. The minimum Gasteiger partial charge on any atom is -0.361 e. The van der Waals surface area contributed by atoms with Crippen molar-refractivity contribution in [2.75, 3.05) is 33.2 Å². The Kier molecular flexibility index (Phi) is 3.71. The zero-order chi connectivity index (χ0) is 13.9. The average Bonchev–Trinajstić information content (AvgIpc) is 2.85. The molecule has 1 fully saturated rings. The summed E-state index contributed by atoms with van der Waals surface area (Å²) in [7, 11) is 2.10. The van der Waals surface area contributed by atoms with Crippen LogP contribution in [0.1, 0.15) is 5.56 Å². The predicted molar refractivity (Wildman–Crippen MR) is 79.2 cm³/mol.